The first-order valence-corrected chi connectivity index (χ1v) is 11.1. The average molecular weight is 431 g/mol. The van der Waals surface area contributed by atoms with E-state index in [2.05, 4.69) is 34.0 Å². The Morgan fingerprint density at radius 2 is 2.00 bits per heavy atom. The van der Waals surface area contributed by atoms with Crippen LogP contribution in [0.3, 0.4) is 0 Å². The lowest BCUT2D eigenvalue weighted by Gasteiger charge is -2.13. The number of furan rings is 1. The molecule has 0 amide bonds. The van der Waals surface area contributed by atoms with Crippen LogP contribution in [0.1, 0.15) is 31.3 Å². The Kier molecular flexibility index (Phi) is 5.57. The summed E-state index contributed by atoms with van der Waals surface area (Å²) in [4.78, 5) is 4.74. The summed E-state index contributed by atoms with van der Waals surface area (Å²) in [5, 5.41) is 13.4. The molecule has 0 spiro atoms. The highest BCUT2D eigenvalue weighted by Crippen LogP contribution is 2.34. The molecule has 144 valence electrons. The number of thioether (sulfide) groups is 1. The molecule has 0 unspecified atom stereocenters. The minimum Gasteiger partial charge on any atom is -0.469 e. The van der Waals surface area contributed by atoms with Gasteiger partial charge in [0.2, 0.25) is 0 Å². The van der Waals surface area contributed by atoms with Crippen molar-refractivity contribution in [2.75, 3.05) is 0 Å². The van der Waals surface area contributed by atoms with Crippen LogP contribution in [0.25, 0.3) is 22.0 Å². The molecule has 0 aliphatic carbocycles. The minimum atomic E-state index is 0.232. The largest absolute Gasteiger partial charge is 0.469 e. The molecule has 3 aromatic heterocycles. The molecule has 0 saturated carbocycles. The molecule has 28 heavy (non-hydrogen) atoms. The highest BCUT2D eigenvalue weighted by atomic mass is 35.5. The number of halogens is 1. The van der Waals surface area contributed by atoms with E-state index >= 15 is 0 Å². The summed E-state index contributed by atoms with van der Waals surface area (Å²) in [5.41, 5.74) is 2.94. The number of aromatic nitrogens is 4. The van der Waals surface area contributed by atoms with Crippen molar-refractivity contribution in [2.24, 2.45) is 0 Å². The number of rotatable bonds is 6. The fourth-order valence-electron chi connectivity index (χ4n) is 2.91. The van der Waals surface area contributed by atoms with Crippen molar-refractivity contribution < 1.29 is 4.42 Å². The zero-order chi connectivity index (χ0) is 19.7. The van der Waals surface area contributed by atoms with Crippen LogP contribution >= 0.6 is 34.7 Å². The fourth-order valence-corrected chi connectivity index (χ4v) is 5.12. The van der Waals surface area contributed by atoms with Gasteiger partial charge in [-0.15, -0.1) is 21.5 Å². The summed E-state index contributed by atoms with van der Waals surface area (Å²) in [6.07, 6.45) is 1.68. The topological polar surface area (TPSA) is 56.7 Å². The first-order chi connectivity index (χ1) is 13.5. The van der Waals surface area contributed by atoms with Crippen LogP contribution in [0, 0.1) is 6.92 Å². The van der Waals surface area contributed by atoms with E-state index < -0.39 is 0 Å². The van der Waals surface area contributed by atoms with Gasteiger partial charge in [0.05, 0.1) is 22.5 Å². The lowest BCUT2D eigenvalue weighted by atomic mass is 10.2. The quantitative estimate of drug-likeness (QED) is 0.327. The molecule has 0 radical (unpaired) electrons. The number of hydrogen-bond acceptors (Lipinski definition) is 6. The molecule has 0 fully saturated rings. The number of aryl methyl sites for hydroxylation is 1. The predicted molar refractivity (Wildman–Crippen MR) is 115 cm³/mol. The first-order valence-electron chi connectivity index (χ1n) is 8.86. The predicted octanol–water partition coefficient (Wildman–Crippen LogP) is 6.50. The number of hydrogen-bond donors (Lipinski definition) is 0. The molecule has 0 atom stereocenters. The molecule has 0 N–H and O–H groups in total. The summed E-state index contributed by atoms with van der Waals surface area (Å²) in [5.74, 6) is 2.39. The van der Waals surface area contributed by atoms with E-state index in [9.17, 15) is 0 Å². The van der Waals surface area contributed by atoms with Crippen LogP contribution in [0.5, 0.6) is 0 Å². The fraction of sp³-hybridized carbons (Fsp3) is 0.250. The third-order valence-corrected chi connectivity index (χ3v) is 6.52. The lowest BCUT2D eigenvalue weighted by Crippen LogP contribution is -2.05. The Labute approximate surface area is 176 Å². The zero-order valence-electron chi connectivity index (χ0n) is 15.7. The van der Waals surface area contributed by atoms with Crippen LogP contribution in [0.2, 0.25) is 5.02 Å². The molecule has 0 saturated heterocycles. The third kappa shape index (κ3) is 3.74. The molecule has 0 bridgehead atoms. The number of nitrogens with zero attached hydrogens (tertiary/aromatic N) is 4. The van der Waals surface area contributed by atoms with Crippen LogP contribution < -0.4 is 0 Å². The van der Waals surface area contributed by atoms with E-state index in [1.54, 1.807) is 29.4 Å². The smallest absolute Gasteiger partial charge is 0.192 e. The second-order valence-corrected chi connectivity index (χ2v) is 8.78. The Morgan fingerprint density at radius 3 is 2.71 bits per heavy atom. The molecule has 4 aromatic rings. The van der Waals surface area contributed by atoms with Crippen LogP contribution in [0.4, 0.5) is 0 Å². The van der Waals surface area contributed by atoms with E-state index in [0.717, 1.165) is 49.3 Å². The molecule has 4 rings (SSSR count). The van der Waals surface area contributed by atoms with Gasteiger partial charge in [0.15, 0.2) is 11.0 Å². The Bertz CT molecular complexity index is 1100. The van der Waals surface area contributed by atoms with Crippen LogP contribution in [0.15, 0.2) is 51.5 Å². The van der Waals surface area contributed by atoms with E-state index in [-0.39, 0.29) is 6.04 Å². The molecule has 0 aliphatic heterocycles. The zero-order valence-corrected chi connectivity index (χ0v) is 18.1. The van der Waals surface area contributed by atoms with E-state index in [4.69, 9.17) is 21.0 Å². The molecule has 0 aliphatic rings. The summed E-state index contributed by atoms with van der Waals surface area (Å²) < 4.78 is 7.58. The van der Waals surface area contributed by atoms with E-state index in [1.807, 2.05) is 37.3 Å². The van der Waals surface area contributed by atoms with Gasteiger partial charge in [0.25, 0.3) is 0 Å². The van der Waals surface area contributed by atoms with Gasteiger partial charge in [-0.1, -0.05) is 41.6 Å². The Morgan fingerprint density at radius 1 is 1.18 bits per heavy atom. The van der Waals surface area contributed by atoms with Crippen molar-refractivity contribution >= 4 is 34.7 Å². The SMILES string of the molecule is Cc1occc1-c1nnc(SCc2csc(-c3ccccc3Cl)n2)n1C(C)C. The summed E-state index contributed by atoms with van der Waals surface area (Å²) >= 11 is 9.53. The van der Waals surface area contributed by atoms with Gasteiger partial charge >= 0.3 is 0 Å². The molecule has 3 heterocycles. The summed E-state index contributed by atoms with van der Waals surface area (Å²) in [7, 11) is 0. The van der Waals surface area contributed by atoms with Crippen molar-refractivity contribution in [3.05, 3.63) is 58.5 Å². The average Bonchev–Trinajstić information content (AvgIpc) is 3.39. The second kappa shape index (κ2) is 8.11. The number of benzene rings is 1. The Balaban J connectivity index is 1.56. The van der Waals surface area contributed by atoms with Gasteiger partial charge in [-0.05, 0) is 32.9 Å². The summed E-state index contributed by atoms with van der Waals surface area (Å²) in [6.45, 7) is 6.20. The van der Waals surface area contributed by atoms with Crippen LogP contribution in [-0.2, 0) is 5.75 Å². The maximum Gasteiger partial charge on any atom is 0.192 e. The monoisotopic (exact) mass is 430 g/mol. The van der Waals surface area contributed by atoms with E-state index in [1.165, 1.54) is 0 Å². The highest BCUT2D eigenvalue weighted by molar-refractivity contribution is 7.98. The van der Waals surface area contributed by atoms with Gasteiger partial charge in [-0.2, -0.15) is 0 Å². The minimum absolute atomic E-state index is 0.232. The van der Waals surface area contributed by atoms with Crippen LogP contribution in [-0.4, -0.2) is 19.7 Å². The maximum absolute atomic E-state index is 6.29. The normalized spacial score (nSPS) is 11.5. The maximum atomic E-state index is 6.29. The lowest BCUT2D eigenvalue weighted by molar-refractivity contribution is 0.531. The van der Waals surface area contributed by atoms with Gasteiger partial charge < -0.3 is 4.42 Å². The van der Waals surface area contributed by atoms with Crippen molar-refractivity contribution in [2.45, 2.75) is 37.7 Å². The highest BCUT2D eigenvalue weighted by Gasteiger charge is 2.20. The second-order valence-electron chi connectivity index (χ2n) is 6.57. The Hall–Kier alpha value is -2.09. The van der Waals surface area contributed by atoms with Gasteiger partial charge in [-0.25, -0.2) is 4.98 Å². The van der Waals surface area contributed by atoms with E-state index in [0.29, 0.717) is 0 Å². The van der Waals surface area contributed by atoms with Crippen molar-refractivity contribution in [3.63, 3.8) is 0 Å². The first kappa shape index (κ1) is 19.2. The van der Waals surface area contributed by atoms with Gasteiger partial charge in [0, 0.05) is 22.7 Å². The molecular formula is C20H19ClN4OS2. The van der Waals surface area contributed by atoms with Crippen molar-refractivity contribution in [1.29, 1.82) is 0 Å². The molecule has 8 heteroatoms. The van der Waals surface area contributed by atoms with Crippen molar-refractivity contribution in [1.82, 2.24) is 19.7 Å². The third-order valence-electron chi connectivity index (χ3n) is 4.29. The van der Waals surface area contributed by atoms with Crippen molar-refractivity contribution in [3.8, 4) is 22.0 Å². The number of thiazole rings is 1. The molecular weight excluding hydrogens is 412 g/mol. The summed E-state index contributed by atoms with van der Waals surface area (Å²) in [6, 6.07) is 9.94. The van der Waals surface area contributed by atoms with Gasteiger partial charge in [0.1, 0.15) is 10.8 Å². The van der Waals surface area contributed by atoms with Gasteiger partial charge in [-0.3, -0.25) is 4.57 Å². The molecule has 5 nitrogen and oxygen atoms in total. The standard InChI is InChI=1S/C20H19ClN4OS2/c1-12(2)25-18(15-8-9-26-13(15)3)23-24-20(25)28-11-14-10-27-19(22-14)16-6-4-5-7-17(16)21/h4-10,12H,11H2,1-3H3. The molecule has 1 aromatic carbocycles.